The number of hydrazine groups is 2. The third-order valence-electron chi connectivity index (χ3n) is 8.62. The molecule has 0 saturated heterocycles. The maximum absolute atomic E-state index is 13.1. The number of nitrogens with one attached hydrogen (secondary N) is 2. The molecule has 0 unspecified atom stereocenters. The summed E-state index contributed by atoms with van der Waals surface area (Å²) in [5.41, 5.74) is 11.3. The molecule has 3 aliphatic rings. The van der Waals surface area contributed by atoms with Crippen molar-refractivity contribution in [2.24, 2.45) is 11.8 Å². The van der Waals surface area contributed by atoms with E-state index in [2.05, 4.69) is 47.2 Å². The minimum Gasteiger partial charge on any atom is -0.490 e. The van der Waals surface area contributed by atoms with Crippen molar-refractivity contribution in [2.75, 3.05) is 13.8 Å². The van der Waals surface area contributed by atoms with Gasteiger partial charge in [-0.2, -0.15) is 5.10 Å². The van der Waals surface area contributed by atoms with Gasteiger partial charge in [-0.1, -0.05) is 43.5 Å². The van der Waals surface area contributed by atoms with Gasteiger partial charge in [-0.3, -0.25) is 9.80 Å². The van der Waals surface area contributed by atoms with E-state index in [9.17, 15) is 9.59 Å². The Balaban J connectivity index is 1.27. The molecular weight excluding hydrogens is 546 g/mol. The average molecular weight is 586 g/mol. The predicted molar refractivity (Wildman–Crippen MR) is 161 cm³/mol. The monoisotopic (exact) mass is 585 g/mol. The van der Waals surface area contributed by atoms with Gasteiger partial charge in [-0.15, -0.1) is 5.53 Å². The van der Waals surface area contributed by atoms with Crippen LogP contribution >= 0.6 is 0 Å². The summed E-state index contributed by atoms with van der Waals surface area (Å²) in [5, 5.41) is 6.50. The zero-order valence-corrected chi connectivity index (χ0v) is 24.9. The molecule has 2 aliphatic carbocycles. The summed E-state index contributed by atoms with van der Waals surface area (Å²) in [7, 11) is 1.92. The molecule has 2 fully saturated rings. The largest absolute Gasteiger partial charge is 0.490 e. The van der Waals surface area contributed by atoms with Crippen LogP contribution in [-0.4, -0.2) is 46.7 Å². The van der Waals surface area contributed by atoms with Crippen LogP contribution in [0.25, 0.3) is 16.8 Å². The number of rotatable bonds is 10. The summed E-state index contributed by atoms with van der Waals surface area (Å²) < 4.78 is 18.3. The van der Waals surface area contributed by atoms with Gasteiger partial charge in [0, 0.05) is 37.7 Å². The van der Waals surface area contributed by atoms with E-state index < -0.39 is 18.7 Å². The lowest BCUT2D eigenvalue weighted by Crippen LogP contribution is -2.33. The Morgan fingerprint density at radius 3 is 2.53 bits per heavy atom. The molecule has 0 spiro atoms. The molecule has 2 heterocycles. The Labute approximate surface area is 251 Å². The quantitative estimate of drug-likeness (QED) is 0.237. The van der Waals surface area contributed by atoms with Crippen LogP contribution in [-0.2, 0) is 14.3 Å². The number of nitrogens with zero attached hydrogens (tertiary/aromatic N) is 3. The van der Waals surface area contributed by atoms with E-state index in [0.29, 0.717) is 11.5 Å². The number of hydrogen-bond acceptors (Lipinski definition) is 9. The highest BCUT2D eigenvalue weighted by Gasteiger charge is 2.47. The molecule has 1 aromatic heterocycles. The number of aromatic nitrogens is 2. The fourth-order valence-corrected chi connectivity index (χ4v) is 6.26. The second-order valence-electron chi connectivity index (χ2n) is 11.7. The minimum absolute atomic E-state index is 0.0486. The Bertz CT molecular complexity index is 1510. The molecule has 2 saturated carbocycles. The first-order chi connectivity index (χ1) is 20.9. The molecule has 43 heavy (non-hydrogen) atoms. The first-order valence-electron chi connectivity index (χ1n) is 15.1. The van der Waals surface area contributed by atoms with Crippen molar-refractivity contribution < 1.29 is 23.8 Å². The van der Waals surface area contributed by atoms with E-state index in [1.165, 1.54) is 45.2 Å². The van der Waals surface area contributed by atoms with Crippen LogP contribution in [0.15, 0.2) is 66.6 Å². The van der Waals surface area contributed by atoms with Crippen LogP contribution in [0.2, 0.25) is 0 Å². The van der Waals surface area contributed by atoms with E-state index in [4.69, 9.17) is 14.2 Å². The Hall–Kier alpha value is -4.31. The zero-order chi connectivity index (χ0) is 29.9. The molecule has 0 bridgehead atoms. The summed E-state index contributed by atoms with van der Waals surface area (Å²) >= 11 is 0. The van der Waals surface area contributed by atoms with Crippen molar-refractivity contribution in [1.29, 1.82) is 0 Å². The first-order valence-corrected chi connectivity index (χ1v) is 15.1. The van der Waals surface area contributed by atoms with Gasteiger partial charge in [0.2, 0.25) is 6.79 Å². The van der Waals surface area contributed by atoms with Gasteiger partial charge in [0.15, 0.2) is 0 Å². The average Bonchev–Trinajstić information content (AvgIpc) is 3.46. The second-order valence-corrected chi connectivity index (χ2v) is 11.7. The van der Waals surface area contributed by atoms with Crippen molar-refractivity contribution in [2.45, 2.75) is 64.4 Å². The number of hydrogen-bond donors (Lipinski definition) is 2. The molecule has 10 heteroatoms. The van der Waals surface area contributed by atoms with Crippen LogP contribution in [0.4, 0.5) is 0 Å². The van der Waals surface area contributed by atoms with E-state index in [0.717, 1.165) is 40.4 Å². The highest BCUT2D eigenvalue weighted by Crippen LogP contribution is 2.52. The standard InChI is InChI=1S/C33H39N5O5/c1-21(23-9-5-4-6-10-23)43-27-14-8-12-25(16-27)24-11-7-13-26(15-24)38-32(29-17-28(29)31-19-37(3)36-35-31)30(18-34-38)33(40)42-20-41-22(2)39/h7-8,11-16,18-19,21,23,28-29,35-36H,4-6,9-10,17,20H2,1-3H3/t21-,28+,29+/m0/s1. The Kier molecular flexibility index (Phi) is 8.38. The SMILES string of the molecule is CC(=O)OCOC(=O)c1cnn(-c2cccc(-c3cccc(O[C@@H](C)C4CCCCC4)c3)c2)c1[C@@H]1C[C@H]1C1=CN(C)NN1. The van der Waals surface area contributed by atoms with E-state index in [1.807, 2.05) is 47.2 Å². The van der Waals surface area contributed by atoms with E-state index in [1.54, 1.807) is 0 Å². The van der Waals surface area contributed by atoms with Crippen molar-refractivity contribution in [3.05, 3.63) is 77.9 Å². The van der Waals surface area contributed by atoms with E-state index >= 15 is 0 Å². The van der Waals surface area contributed by atoms with Crippen LogP contribution in [0.5, 0.6) is 5.75 Å². The van der Waals surface area contributed by atoms with Crippen molar-refractivity contribution in [3.8, 4) is 22.6 Å². The third-order valence-corrected chi connectivity index (χ3v) is 8.62. The zero-order valence-electron chi connectivity index (χ0n) is 24.9. The van der Waals surface area contributed by atoms with Gasteiger partial charge in [0.1, 0.15) is 11.3 Å². The van der Waals surface area contributed by atoms with Crippen LogP contribution in [0.3, 0.4) is 0 Å². The summed E-state index contributed by atoms with van der Waals surface area (Å²) in [6.45, 7) is 3.01. The molecule has 2 aromatic carbocycles. The highest BCUT2D eigenvalue weighted by atomic mass is 16.7. The van der Waals surface area contributed by atoms with Crippen LogP contribution < -0.4 is 15.7 Å². The molecule has 1 aliphatic heterocycles. The molecule has 3 aromatic rings. The summed E-state index contributed by atoms with van der Waals surface area (Å²) in [6, 6.07) is 16.4. The lowest BCUT2D eigenvalue weighted by atomic mass is 9.86. The number of esters is 2. The predicted octanol–water partition coefficient (Wildman–Crippen LogP) is 5.46. The molecule has 6 rings (SSSR count). The smallest absolute Gasteiger partial charge is 0.344 e. The van der Waals surface area contributed by atoms with Crippen LogP contribution in [0.1, 0.15) is 74.3 Å². The number of carbonyl (C=O) groups is 2. The lowest BCUT2D eigenvalue weighted by Gasteiger charge is -2.28. The molecule has 0 radical (unpaired) electrons. The number of ether oxygens (including phenoxy) is 3. The van der Waals surface area contributed by atoms with Gasteiger partial charge >= 0.3 is 11.9 Å². The van der Waals surface area contributed by atoms with Gasteiger partial charge in [-0.05, 0) is 67.5 Å². The molecule has 3 atom stereocenters. The topological polar surface area (TPSA) is 107 Å². The Morgan fingerprint density at radius 2 is 1.79 bits per heavy atom. The maximum atomic E-state index is 13.1. The second kappa shape index (κ2) is 12.5. The molecule has 226 valence electrons. The van der Waals surface area contributed by atoms with Crippen molar-refractivity contribution >= 4 is 11.9 Å². The molecular formula is C33H39N5O5. The van der Waals surface area contributed by atoms with Gasteiger partial charge in [0.05, 0.1) is 23.7 Å². The fourth-order valence-electron chi connectivity index (χ4n) is 6.26. The lowest BCUT2D eigenvalue weighted by molar-refractivity contribution is -0.149. The first kappa shape index (κ1) is 28.8. The number of carbonyl (C=O) groups excluding carboxylic acids is 2. The third kappa shape index (κ3) is 6.54. The van der Waals surface area contributed by atoms with Gasteiger partial charge < -0.3 is 19.6 Å². The fraction of sp³-hybridized carbons (Fsp3) is 0.424. The molecule has 0 amide bonds. The summed E-state index contributed by atoms with van der Waals surface area (Å²) in [4.78, 5) is 24.3. The normalized spacial score (nSPS) is 20.6. The van der Waals surface area contributed by atoms with Crippen molar-refractivity contribution in [1.82, 2.24) is 25.7 Å². The maximum Gasteiger partial charge on any atom is 0.344 e. The highest BCUT2D eigenvalue weighted by molar-refractivity contribution is 5.91. The molecule has 10 nitrogen and oxygen atoms in total. The Morgan fingerprint density at radius 1 is 1.02 bits per heavy atom. The van der Waals surface area contributed by atoms with Gasteiger partial charge in [0.25, 0.3) is 0 Å². The number of benzene rings is 2. The van der Waals surface area contributed by atoms with Gasteiger partial charge in [-0.25, -0.2) is 9.48 Å². The molecule has 2 N–H and O–H groups in total. The summed E-state index contributed by atoms with van der Waals surface area (Å²) in [5.74, 6) is 0.617. The van der Waals surface area contributed by atoms with Crippen LogP contribution in [0, 0.1) is 11.8 Å². The summed E-state index contributed by atoms with van der Waals surface area (Å²) in [6.07, 6.45) is 10.9. The minimum atomic E-state index is -0.579. The van der Waals surface area contributed by atoms with Crippen molar-refractivity contribution in [3.63, 3.8) is 0 Å². The number of allylic oxidation sites excluding steroid dienone is 1. The van der Waals surface area contributed by atoms with E-state index in [-0.39, 0.29) is 17.9 Å².